The van der Waals surface area contributed by atoms with Gasteiger partial charge >= 0.3 is 0 Å². The van der Waals surface area contributed by atoms with E-state index >= 15 is 0 Å². The molecule has 0 N–H and O–H groups in total. The molecule has 0 unspecified atom stereocenters. The fraction of sp³-hybridized carbons (Fsp3) is 0.467. The Balaban J connectivity index is 1.53. The molecule has 1 saturated carbocycles. The molecule has 1 aromatic carbocycles. The molecule has 0 bridgehead atoms. The maximum atomic E-state index is 12.4. The second-order valence-corrected chi connectivity index (χ2v) is 5.18. The third kappa shape index (κ3) is 3.72. The van der Waals surface area contributed by atoms with E-state index in [2.05, 4.69) is 10.1 Å². The summed E-state index contributed by atoms with van der Waals surface area (Å²) in [5, 5.41) is 3.76. The molecule has 0 amide bonds. The van der Waals surface area contributed by atoms with Crippen LogP contribution in [-0.2, 0) is 13.2 Å². The van der Waals surface area contributed by atoms with Crippen molar-refractivity contribution >= 4 is 0 Å². The Morgan fingerprint density at radius 3 is 2.55 bits per heavy atom. The molecule has 3 rings (SSSR count). The van der Waals surface area contributed by atoms with Crippen molar-refractivity contribution < 1.29 is 18.3 Å². The first kappa shape index (κ1) is 14.7. The summed E-state index contributed by atoms with van der Waals surface area (Å²) >= 11 is 0. The van der Waals surface area contributed by atoms with Crippen molar-refractivity contribution in [2.75, 3.05) is 0 Å². The summed E-state index contributed by atoms with van der Waals surface area (Å²) in [4.78, 5) is 3.93. The van der Waals surface area contributed by atoms with Crippen LogP contribution >= 0.6 is 0 Å². The number of aromatic nitrogens is 3. The third-order valence-electron chi connectivity index (χ3n) is 3.55. The normalized spacial score (nSPS) is 14.9. The lowest BCUT2D eigenvalue weighted by molar-refractivity contribution is 0.118. The second kappa shape index (κ2) is 6.72. The van der Waals surface area contributed by atoms with Crippen LogP contribution in [0.1, 0.15) is 25.1 Å². The van der Waals surface area contributed by atoms with Crippen LogP contribution in [0.5, 0.6) is 11.5 Å². The van der Waals surface area contributed by atoms with Crippen molar-refractivity contribution in [1.82, 2.24) is 14.8 Å². The van der Waals surface area contributed by atoms with Gasteiger partial charge in [-0.25, -0.2) is 18.4 Å². The van der Waals surface area contributed by atoms with E-state index in [0.29, 0.717) is 17.7 Å². The minimum Gasteiger partial charge on any atom is -0.490 e. The monoisotopic (exact) mass is 309 g/mol. The van der Waals surface area contributed by atoms with Crippen LogP contribution in [0.4, 0.5) is 8.78 Å². The number of hydrogen-bond acceptors (Lipinski definition) is 4. The fourth-order valence-corrected chi connectivity index (χ4v) is 2.13. The van der Waals surface area contributed by atoms with Gasteiger partial charge in [0.15, 0.2) is 5.82 Å². The SMILES string of the molecule is FC(F)Cn1ncnc1COc1ccc(OC2CCC2)cc1. The van der Waals surface area contributed by atoms with Crippen LogP contribution in [0.15, 0.2) is 30.6 Å². The van der Waals surface area contributed by atoms with Crippen molar-refractivity contribution in [2.24, 2.45) is 0 Å². The van der Waals surface area contributed by atoms with Crippen molar-refractivity contribution in [1.29, 1.82) is 0 Å². The molecule has 2 aromatic rings. The molecule has 1 heterocycles. The van der Waals surface area contributed by atoms with Crippen molar-refractivity contribution in [3.8, 4) is 11.5 Å². The van der Waals surface area contributed by atoms with E-state index in [1.807, 2.05) is 12.1 Å². The third-order valence-corrected chi connectivity index (χ3v) is 3.55. The van der Waals surface area contributed by atoms with Gasteiger partial charge in [-0.05, 0) is 43.5 Å². The minimum absolute atomic E-state index is 0.0928. The maximum absolute atomic E-state index is 12.4. The Morgan fingerprint density at radius 2 is 1.91 bits per heavy atom. The molecule has 5 nitrogen and oxygen atoms in total. The second-order valence-electron chi connectivity index (χ2n) is 5.18. The van der Waals surface area contributed by atoms with Crippen LogP contribution in [0.3, 0.4) is 0 Å². The summed E-state index contributed by atoms with van der Waals surface area (Å²) in [5.41, 5.74) is 0. The summed E-state index contributed by atoms with van der Waals surface area (Å²) in [6.07, 6.45) is 2.56. The molecule has 0 atom stereocenters. The quantitative estimate of drug-likeness (QED) is 0.789. The predicted octanol–water partition coefficient (Wildman–Crippen LogP) is 3.05. The highest BCUT2D eigenvalue weighted by atomic mass is 19.3. The molecule has 1 aliphatic carbocycles. The lowest BCUT2D eigenvalue weighted by Crippen LogP contribution is -2.24. The number of rotatable bonds is 7. The van der Waals surface area contributed by atoms with E-state index in [-0.39, 0.29) is 6.61 Å². The first-order valence-corrected chi connectivity index (χ1v) is 7.25. The number of nitrogens with zero attached hydrogens (tertiary/aromatic N) is 3. The topological polar surface area (TPSA) is 49.2 Å². The zero-order valence-electron chi connectivity index (χ0n) is 12.0. The van der Waals surface area contributed by atoms with E-state index in [0.717, 1.165) is 23.3 Å². The van der Waals surface area contributed by atoms with Crippen LogP contribution in [0, 0.1) is 0 Å². The highest BCUT2D eigenvalue weighted by Gasteiger charge is 2.18. The Labute approximate surface area is 126 Å². The van der Waals surface area contributed by atoms with Gasteiger partial charge in [-0.1, -0.05) is 0 Å². The van der Waals surface area contributed by atoms with Gasteiger partial charge in [0.2, 0.25) is 0 Å². The average Bonchev–Trinajstić information content (AvgIpc) is 2.88. The van der Waals surface area contributed by atoms with Crippen LogP contribution in [0.2, 0.25) is 0 Å². The number of ether oxygens (including phenoxy) is 2. The van der Waals surface area contributed by atoms with Crippen molar-refractivity contribution in [3.05, 3.63) is 36.4 Å². The summed E-state index contributed by atoms with van der Waals surface area (Å²) in [6, 6.07) is 7.28. The molecule has 7 heteroatoms. The smallest absolute Gasteiger partial charge is 0.257 e. The average molecular weight is 309 g/mol. The van der Waals surface area contributed by atoms with Crippen molar-refractivity contribution in [3.63, 3.8) is 0 Å². The zero-order valence-corrected chi connectivity index (χ0v) is 12.0. The van der Waals surface area contributed by atoms with Gasteiger partial charge in [-0.3, -0.25) is 0 Å². The highest BCUT2D eigenvalue weighted by Crippen LogP contribution is 2.26. The van der Waals surface area contributed by atoms with Gasteiger partial charge in [0.05, 0.1) is 6.10 Å². The van der Waals surface area contributed by atoms with Gasteiger partial charge in [0.25, 0.3) is 6.43 Å². The first-order chi connectivity index (χ1) is 10.7. The molecule has 22 heavy (non-hydrogen) atoms. The van der Waals surface area contributed by atoms with E-state index in [9.17, 15) is 8.78 Å². The molecule has 0 saturated heterocycles. The molecular weight excluding hydrogens is 292 g/mol. The molecule has 1 fully saturated rings. The number of alkyl halides is 2. The molecule has 1 aromatic heterocycles. The molecule has 118 valence electrons. The summed E-state index contributed by atoms with van der Waals surface area (Å²) in [7, 11) is 0. The predicted molar refractivity (Wildman–Crippen MR) is 75.1 cm³/mol. The van der Waals surface area contributed by atoms with Crippen molar-refractivity contribution in [2.45, 2.75) is 44.9 Å². The number of hydrogen-bond donors (Lipinski definition) is 0. The molecule has 0 aliphatic heterocycles. The lowest BCUT2D eigenvalue weighted by Gasteiger charge is -2.26. The van der Waals surface area contributed by atoms with E-state index < -0.39 is 13.0 Å². The fourth-order valence-electron chi connectivity index (χ4n) is 2.13. The molecular formula is C15H17F2N3O2. The lowest BCUT2D eigenvalue weighted by atomic mass is 9.96. The summed E-state index contributed by atoms with van der Waals surface area (Å²) in [5.74, 6) is 1.82. The highest BCUT2D eigenvalue weighted by molar-refractivity contribution is 5.31. The van der Waals surface area contributed by atoms with E-state index in [1.54, 1.807) is 12.1 Å². The summed E-state index contributed by atoms with van der Waals surface area (Å²) < 4.78 is 37.2. The molecule has 1 aliphatic rings. The molecule has 0 radical (unpaired) electrons. The number of halogens is 2. The van der Waals surface area contributed by atoms with Crippen LogP contribution in [0.25, 0.3) is 0 Å². The first-order valence-electron chi connectivity index (χ1n) is 7.25. The van der Waals surface area contributed by atoms with Crippen LogP contribution in [-0.4, -0.2) is 27.3 Å². The zero-order chi connectivity index (χ0) is 15.4. The standard InChI is InChI=1S/C15H17F2N3O2/c16-14(17)8-20-15(18-10-19-20)9-21-11-4-6-13(7-5-11)22-12-2-1-3-12/h4-7,10,12,14H,1-3,8-9H2. The van der Waals surface area contributed by atoms with Crippen LogP contribution < -0.4 is 9.47 Å². The van der Waals surface area contributed by atoms with Gasteiger partial charge in [0, 0.05) is 0 Å². The maximum Gasteiger partial charge on any atom is 0.257 e. The van der Waals surface area contributed by atoms with Gasteiger partial charge in [-0.2, -0.15) is 5.10 Å². The Hall–Kier alpha value is -2.18. The van der Waals surface area contributed by atoms with E-state index in [4.69, 9.17) is 9.47 Å². The van der Waals surface area contributed by atoms with Gasteiger partial charge < -0.3 is 9.47 Å². The molecule has 0 spiro atoms. The summed E-state index contributed by atoms with van der Waals surface area (Å²) in [6.45, 7) is -0.386. The Morgan fingerprint density at radius 1 is 1.18 bits per heavy atom. The Kier molecular flexibility index (Phi) is 4.50. The van der Waals surface area contributed by atoms with Gasteiger partial charge in [0.1, 0.15) is 31.0 Å². The van der Waals surface area contributed by atoms with Gasteiger partial charge in [-0.15, -0.1) is 0 Å². The minimum atomic E-state index is -2.47. The Bertz CT molecular complexity index is 597. The largest absolute Gasteiger partial charge is 0.490 e. The number of benzene rings is 1. The van der Waals surface area contributed by atoms with E-state index in [1.165, 1.54) is 12.7 Å².